The van der Waals surface area contributed by atoms with Crippen molar-refractivity contribution in [3.8, 4) is 17.2 Å². The lowest BCUT2D eigenvalue weighted by Gasteiger charge is -2.13. The van der Waals surface area contributed by atoms with E-state index in [1.165, 1.54) is 13.2 Å². The molecule has 0 bridgehead atoms. The molecule has 0 heterocycles. The summed E-state index contributed by atoms with van der Waals surface area (Å²) in [7, 11) is 1.49. The second kappa shape index (κ2) is 11.8. The molecule has 172 valence electrons. The van der Waals surface area contributed by atoms with Crippen molar-refractivity contribution in [3.05, 3.63) is 56.1 Å². The molecule has 0 aliphatic heterocycles. The molecular weight excluding hydrogens is 502 g/mol. The van der Waals surface area contributed by atoms with Gasteiger partial charge in [-0.25, -0.2) is 4.79 Å². The second-order valence-electron chi connectivity index (χ2n) is 6.95. The lowest BCUT2D eigenvalue weighted by Crippen LogP contribution is -2.31. The average molecular weight is 527 g/mol. The third-order valence-corrected chi connectivity index (χ3v) is 5.48. The summed E-state index contributed by atoms with van der Waals surface area (Å²) in [5.41, 5.74) is 1.83. The SMILES string of the molecule is CCCOc1c(Br)cc(/C=C(/NC(=O)COc2cc(C)c(Cl)c(C)c2)C(=O)O)cc1OC. The smallest absolute Gasteiger partial charge is 0.352 e. The zero-order valence-corrected chi connectivity index (χ0v) is 20.6. The number of nitrogens with one attached hydrogen (secondary N) is 1. The van der Waals surface area contributed by atoms with E-state index in [1.807, 2.05) is 20.8 Å². The van der Waals surface area contributed by atoms with Gasteiger partial charge in [-0.05, 0) is 83.2 Å². The fraction of sp³-hybridized carbons (Fsp3) is 0.304. The number of halogens is 2. The van der Waals surface area contributed by atoms with Gasteiger partial charge in [-0.15, -0.1) is 0 Å². The number of benzene rings is 2. The van der Waals surface area contributed by atoms with Gasteiger partial charge in [0.15, 0.2) is 18.1 Å². The van der Waals surface area contributed by atoms with Crippen LogP contribution in [0.1, 0.15) is 30.0 Å². The van der Waals surface area contributed by atoms with Crippen LogP contribution in [0.4, 0.5) is 0 Å². The third-order valence-electron chi connectivity index (χ3n) is 4.30. The van der Waals surface area contributed by atoms with Crippen LogP contribution in [-0.4, -0.2) is 37.3 Å². The predicted octanol–water partition coefficient (Wildman–Crippen LogP) is 5.14. The first-order valence-electron chi connectivity index (χ1n) is 9.81. The Hall–Kier alpha value is -2.71. The number of aliphatic carboxylic acids is 1. The number of amides is 1. The van der Waals surface area contributed by atoms with Crippen LogP contribution in [0.15, 0.2) is 34.4 Å². The van der Waals surface area contributed by atoms with Gasteiger partial charge in [0.1, 0.15) is 11.4 Å². The molecule has 0 saturated carbocycles. The molecule has 0 atom stereocenters. The number of hydrogen-bond donors (Lipinski definition) is 2. The van der Waals surface area contributed by atoms with E-state index in [0.717, 1.165) is 17.5 Å². The summed E-state index contributed by atoms with van der Waals surface area (Å²) >= 11 is 9.55. The number of carbonyl (C=O) groups excluding carboxylic acids is 1. The van der Waals surface area contributed by atoms with Crippen molar-refractivity contribution in [2.24, 2.45) is 0 Å². The average Bonchev–Trinajstić information content (AvgIpc) is 2.74. The maximum Gasteiger partial charge on any atom is 0.352 e. The van der Waals surface area contributed by atoms with Crippen LogP contribution in [0.5, 0.6) is 17.2 Å². The Morgan fingerprint density at radius 2 is 1.81 bits per heavy atom. The molecule has 0 aliphatic carbocycles. The molecule has 0 radical (unpaired) electrons. The molecule has 0 saturated heterocycles. The van der Waals surface area contributed by atoms with Crippen LogP contribution in [0.2, 0.25) is 5.02 Å². The van der Waals surface area contributed by atoms with E-state index in [2.05, 4.69) is 21.2 Å². The zero-order chi connectivity index (χ0) is 23.8. The van der Waals surface area contributed by atoms with Crippen LogP contribution in [0, 0.1) is 13.8 Å². The maximum absolute atomic E-state index is 12.3. The number of carbonyl (C=O) groups is 2. The Bertz CT molecular complexity index is 1010. The molecule has 2 rings (SSSR count). The van der Waals surface area contributed by atoms with E-state index in [-0.39, 0.29) is 12.3 Å². The molecule has 32 heavy (non-hydrogen) atoms. The standard InChI is InChI=1S/C23H25BrClNO6/c1-5-6-31-22-17(24)9-15(11-19(22)30-4)10-18(23(28)29)26-20(27)12-32-16-7-13(2)21(25)14(3)8-16/h7-11H,5-6,12H2,1-4H3,(H,26,27)(H,28,29)/b18-10+. The molecule has 0 spiro atoms. The summed E-state index contributed by atoms with van der Waals surface area (Å²) in [5, 5.41) is 12.5. The maximum atomic E-state index is 12.3. The van der Waals surface area contributed by atoms with Crippen molar-refractivity contribution in [1.29, 1.82) is 0 Å². The first kappa shape index (κ1) is 25.5. The van der Waals surface area contributed by atoms with Crippen molar-refractivity contribution < 1.29 is 28.9 Å². The molecular formula is C23H25BrClNO6. The van der Waals surface area contributed by atoms with Crippen LogP contribution in [0.25, 0.3) is 6.08 Å². The fourth-order valence-electron chi connectivity index (χ4n) is 2.81. The van der Waals surface area contributed by atoms with Crippen molar-refractivity contribution in [2.75, 3.05) is 20.3 Å². The second-order valence-corrected chi connectivity index (χ2v) is 8.19. The fourth-order valence-corrected chi connectivity index (χ4v) is 3.49. The monoisotopic (exact) mass is 525 g/mol. The minimum atomic E-state index is -1.29. The van der Waals surface area contributed by atoms with E-state index >= 15 is 0 Å². The highest BCUT2D eigenvalue weighted by Crippen LogP contribution is 2.37. The van der Waals surface area contributed by atoms with E-state index < -0.39 is 11.9 Å². The van der Waals surface area contributed by atoms with Gasteiger partial charge in [0.05, 0.1) is 18.2 Å². The zero-order valence-electron chi connectivity index (χ0n) is 18.3. The van der Waals surface area contributed by atoms with E-state index in [4.69, 9.17) is 25.8 Å². The molecule has 1 amide bonds. The Kier molecular flexibility index (Phi) is 9.41. The minimum absolute atomic E-state index is 0.307. The van der Waals surface area contributed by atoms with E-state index in [0.29, 0.717) is 38.9 Å². The summed E-state index contributed by atoms with van der Waals surface area (Å²) in [5.74, 6) is -0.478. The molecule has 7 nitrogen and oxygen atoms in total. The molecule has 2 aromatic carbocycles. The Morgan fingerprint density at radius 3 is 2.38 bits per heavy atom. The molecule has 0 aliphatic rings. The predicted molar refractivity (Wildman–Crippen MR) is 127 cm³/mol. The van der Waals surface area contributed by atoms with Gasteiger partial charge >= 0.3 is 5.97 Å². The Balaban J connectivity index is 2.17. The van der Waals surface area contributed by atoms with Gasteiger partial charge in [0.25, 0.3) is 5.91 Å². The number of carboxylic acids is 1. The third kappa shape index (κ3) is 6.90. The summed E-state index contributed by atoms with van der Waals surface area (Å²) in [6, 6.07) is 6.73. The van der Waals surface area contributed by atoms with Crippen LogP contribution < -0.4 is 19.5 Å². The topological polar surface area (TPSA) is 94.1 Å². The first-order chi connectivity index (χ1) is 15.2. The largest absolute Gasteiger partial charge is 0.493 e. The van der Waals surface area contributed by atoms with Crippen molar-refractivity contribution in [2.45, 2.75) is 27.2 Å². The summed E-state index contributed by atoms with van der Waals surface area (Å²) in [6.45, 7) is 5.80. The van der Waals surface area contributed by atoms with Crippen LogP contribution >= 0.6 is 27.5 Å². The molecule has 0 fully saturated rings. The normalized spacial score (nSPS) is 11.1. The number of methoxy groups -OCH3 is 1. The van der Waals surface area contributed by atoms with Gasteiger partial charge in [0, 0.05) is 5.02 Å². The molecule has 2 N–H and O–H groups in total. The first-order valence-corrected chi connectivity index (χ1v) is 11.0. The van der Waals surface area contributed by atoms with Crippen molar-refractivity contribution in [3.63, 3.8) is 0 Å². The number of carboxylic acid groups (broad SMARTS) is 1. The molecule has 0 aromatic heterocycles. The van der Waals surface area contributed by atoms with Crippen LogP contribution in [-0.2, 0) is 9.59 Å². The highest BCUT2D eigenvalue weighted by Gasteiger charge is 2.16. The van der Waals surface area contributed by atoms with Gasteiger partial charge in [-0.3, -0.25) is 4.79 Å². The highest BCUT2D eigenvalue weighted by molar-refractivity contribution is 9.10. The molecule has 0 unspecified atom stereocenters. The lowest BCUT2D eigenvalue weighted by atomic mass is 10.1. The summed E-state index contributed by atoms with van der Waals surface area (Å²) in [6.07, 6.45) is 2.15. The van der Waals surface area contributed by atoms with Gasteiger partial charge in [-0.2, -0.15) is 0 Å². The summed E-state index contributed by atoms with van der Waals surface area (Å²) in [4.78, 5) is 24.0. The van der Waals surface area contributed by atoms with Gasteiger partial charge < -0.3 is 24.6 Å². The van der Waals surface area contributed by atoms with Crippen molar-refractivity contribution in [1.82, 2.24) is 5.32 Å². The quantitative estimate of drug-likeness (QED) is 0.417. The number of rotatable bonds is 10. The van der Waals surface area contributed by atoms with Crippen LogP contribution in [0.3, 0.4) is 0 Å². The molecule has 2 aromatic rings. The molecule has 9 heteroatoms. The Labute approximate surface area is 200 Å². The number of ether oxygens (including phenoxy) is 3. The minimum Gasteiger partial charge on any atom is -0.493 e. The summed E-state index contributed by atoms with van der Waals surface area (Å²) < 4.78 is 17.1. The number of hydrogen-bond acceptors (Lipinski definition) is 5. The van der Waals surface area contributed by atoms with E-state index in [1.54, 1.807) is 24.3 Å². The number of aryl methyl sites for hydroxylation is 2. The van der Waals surface area contributed by atoms with E-state index in [9.17, 15) is 14.7 Å². The van der Waals surface area contributed by atoms with Crippen molar-refractivity contribution >= 4 is 45.5 Å². The van der Waals surface area contributed by atoms with Gasteiger partial charge in [-0.1, -0.05) is 18.5 Å². The highest BCUT2D eigenvalue weighted by atomic mass is 79.9. The van der Waals surface area contributed by atoms with Gasteiger partial charge in [0.2, 0.25) is 0 Å². The lowest BCUT2D eigenvalue weighted by molar-refractivity contribution is -0.134. The Morgan fingerprint density at radius 1 is 1.16 bits per heavy atom.